The van der Waals surface area contributed by atoms with Gasteiger partial charge < -0.3 is 5.11 Å². The van der Waals surface area contributed by atoms with E-state index in [-0.39, 0.29) is 5.69 Å². The molecule has 0 radical (unpaired) electrons. The van der Waals surface area contributed by atoms with Crippen molar-refractivity contribution in [2.45, 2.75) is 19.4 Å². The van der Waals surface area contributed by atoms with Crippen LogP contribution in [0, 0.1) is 17.0 Å². The first-order valence-corrected chi connectivity index (χ1v) is 6.52. The number of rotatable bonds is 4. The molecular formula is C15H14ClNO3. The Hall–Kier alpha value is -1.91. The Morgan fingerprint density at radius 3 is 2.45 bits per heavy atom. The monoisotopic (exact) mass is 291 g/mol. The highest BCUT2D eigenvalue weighted by molar-refractivity contribution is 6.30. The van der Waals surface area contributed by atoms with Gasteiger partial charge in [0, 0.05) is 23.6 Å². The fraction of sp³-hybridized carbons (Fsp3) is 0.200. The van der Waals surface area contributed by atoms with Gasteiger partial charge in [-0.3, -0.25) is 10.1 Å². The van der Waals surface area contributed by atoms with Gasteiger partial charge in [0.05, 0.1) is 11.0 Å². The van der Waals surface area contributed by atoms with Crippen LogP contribution in [0.15, 0.2) is 42.5 Å². The Morgan fingerprint density at radius 2 is 1.90 bits per heavy atom. The fourth-order valence-corrected chi connectivity index (χ4v) is 2.35. The van der Waals surface area contributed by atoms with Gasteiger partial charge in [-0.2, -0.15) is 0 Å². The molecule has 2 aromatic carbocycles. The predicted molar refractivity (Wildman–Crippen MR) is 77.9 cm³/mol. The van der Waals surface area contributed by atoms with Gasteiger partial charge in [0.1, 0.15) is 0 Å². The third kappa shape index (κ3) is 3.56. The minimum absolute atomic E-state index is 0.0434. The maximum Gasteiger partial charge on any atom is 0.269 e. The average molecular weight is 292 g/mol. The molecule has 0 fully saturated rings. The van der Waals surface area contributed by atoms with Crippen LogP contribution in [0.2, 0.25) is 5.02 Å². The molecule has 1 atom stereocenters. The van der Waals surface area contributed by atoms with Gasteiger partial charge >= 0.3 is 0 Å². The van der Waals surface area contributed by atoms with Gasteiger partial charge in [0.2, 0.25) is 0 Å². The zero-order valence-corrected chi connectivity index (χ0v) is 11.7. The molecule has 0 aliphatic heterocycles. The Kier molecular flexibility index (Phi) is 4.37. The molecular weight excluding hydrogens is 278 g/mol. The smallest absolute Gasteiger partial charge is 0.269 e. The summed E-state index contributed by atoms with van der Waals surface area (Å²) in [5, 5.41) is 21.4. The van der Waals surface area contributed by atoms with Crippen LogP contribution in [0.5, 0.6) is 0 Å². The van der Waals surface area contributed by atoms with Crippen molar-refractivity contribution in [1.29, 1.82) is 0 Å². The van der Waals surface area contributed by atoms with Crippen LogP contribution >= 0.6 is 11.6 Å². The summed E-state index contributed by atoms with van der Waals surface area (Å²) in [5.74, 6) is 0. The standard InChI is InChI=1S/C15H14ClNO3/c1-10-6-12(9-13(16)7-10)15(18)8-11-2-4-14(5-3-11)17(19)20/h2-7,9,15,18H,8H2,1H3. The lowest BCUT2D eigenvalue weighted by molar-refractivity contribution is -0.384. The maximum atomic E-state index is 10.6. The lowest BCUT2D eigenvalue weighted by Gasteiger charge is -2.12. The molecule has 5 heteroatoms. The normalized spacial score (nSPS) is 12.2. The topological polar surface area (TPSA) is 63.4 Å². The number of non-ortho nitro benzene ring substituents is 1. The van der Waals surface area contributed by atoms with Crippen molar-refractivity contribution in [3.05, 3.63) is 74.3 Å². The third-order valence-electron chi connectivity index (χ3n) is 3.03. The van der Waals surface area contributed by atoms with E-state index in [1.807, 2.05) is 19.1 Å². The van der Waals surface area contributed by atoms with Crippen molar-refractivity contribution < 1.29 is 10.0 Å². The van der Waals surface area contributed by atoms with Gasteiger partial charge in [-0.25, -0.2) is 0 Å². The highest BCUT2D eigenvalue weighted by atomic mass is 35.5. The van der Waals surface area contributed by atoms with Crippen LogP contribution < -0.4 is 0 Å². The van der Waals surface area contributed by atoms with Gasteiger partial charge in [-0.05, 0) is 35.7 Å². The van der Waals surface area contributed by atoms with E-state index in [0.717, 1.165) is 16.7 Å². The van der Waals surface area contributed by atoms with Gasteiger partial charge in [0.25, 0.3) is 5.69 Å². The second-order valence-corrected chi connectivity index (χ2v) is 5.14. The Bertz CT molecular complexity index is 605. The number of hydrogen-bond acceptors (Lipinski definition) is 3. The molecule has 0 saturated heterocycles. The summed E-state index contributed by atoms with van der Waals surface area (Å²) >= 11 is 5.97. The van der Waals surface area contributed by atoms with E-state index in [1.165, 1.54) is 12.1 Å². The molecule has 0 aliphatic rings. The zero-order valence-electron chi connectivity index (χ0n) is 10.9. The first kappa shape index (κ1) is 14.5. The zero-order chi connectivity index (χ0) is 14.7. The minimum atomic E-state index is -0.686. The van der Waals surface area contributed by atoms with Crippen LogP contribution in [-0.2, 0) is 6.42 Å². The number of aryl methyl sites for hydroxylation is 1. The molecule has 20 heavy (non-hydrogen) atoms. The van der Waals surface area contributed by atoms with Crippen molar-refractivity contribution in [3.8, 4) is 0 Å². The number of hydrogen-bond donors (Lipinski definition) is 1. The third-order valence-corrected chi connectivity index (χ3v) is 3.24. The molecule has 2 aromatic rings. The summed E-state index contributed by atoms with van der Waals surface area (Å²) in [6, 6.07) is 11.6. The van der Waals surface area contributed by atoms with Crippen LogP contribution in [0.3, 0.4) is 0 Å². The SMILES string of the molecule is Cc1cc(Cl)cc(C(O)Cc2ccc([N+](=O)[O-])cc2)c1. The van der Waals surface area contributed by atoms with E-state index >= 15 is 0 Å². The molecule has 1 N–H and O–H groups in total. The van der Waals surface area contributed by atoms with E-state index < -0.39 is 11.0 Å². The first-order chi connectivity index (χ1) is 9.45. The molecule has 0 amide bonds. The second-order valence-electron chi connectivity index (χ2n) is 4.71. The lowest BCUT2D eigenvalue weighted by atomic mass is 10.00. The van der Waals surface area contributed by atoms with Crippen molar-refractivity contribution >= 4 is 17.3 Å². The van der Waals surface area contributed by atoms with Gasteiger partial charge in [-0.1, -0.05) is 29.8 Å². The van der Waals surface area contributed by atoms with Crippen LogP contribution in [0.4, 0.5) is 5.69 Å². The van der Waals surface area contributed by atoms with Gasteiger partial charge in [0.15, 0.2) is 0 Å². The molecule has 0 saturated carbocycles. The van der Waals surface area contributed by atoms with Gasteiger partial charge in [-0.15, -0.1) is 0 Å². The summed E-state index contributed by atoms with van der Waals surface area (Å²) < 4.78 is 0. The van der Waals surface area contributed by atoms with Crippen LogP contribution in [-0.4, -0.2) is 10.0 Å². The van der Waals surface area contributed by atoms with Crippen LogP contribution in [0.25, 0.3) is 0 Å². The highest BCUT2D eigenvalue weighted by Gasteiger charge is 2.11. The predicted octanol–water partition coefficient (Wildman–Crippen LogP) is 3.83. The number of halogens is 1. The number of aliphatic hydroxyl groups excluding tert-OH is 1. The summed E-state index contributed by atoms with van der Waals surface area (Å²) in [4.78, 5) is 10.1. The van der Waals surface area contributed by atoms with Crippen molar-refractivity contribution in [2.24, 2.45) is 0 Å². The maximum absolute atomic E-state index is 10.6. The average Bonchev–Trinajstić information content (AvgIpc) is 2.38. The first-order valence-electron chi connectivity index (χ1n) is 6.14. The summed E-state index contributed by atoms with van der Waals surface area (Å²) in [7, 11) is 0. The molecule has 4 nitrogen and oxygen atoms in total. The molecule has 2 rings (SSSR count). The highest BCUT2D eigenvalue weighted by Crippen LogP contribution is 2.24. The van der Waals surface area contributed by atoms with E-state index in [4.69, 9.17) is 11.6 Å². The fourth-order valence-electron chi connectivity index (χ4n) is 2.05. The summed E-state index contributed by atoms with van der Waals surface area (Å²) in [6.45, 7) is 1.91. The Balaban J connectivity index is 2.14. The molecule has 0 aliphatic carbocycles. The number of nitrogens with zero attached hydrogens (tertiary/aromatic N) is 1. The van der Waals surface area contributed by atoms with E-state index in [1.54, 1.807) is 18.2 Å². The molecule has 0 aromatic heterocycles. The summed E-state index contributed by atoms with van der Waals surface area (Å²) in [6.07, 6.45) is -0.300. The molecule has 0 bridgehead atoms. The molecule has 104 valence electrons. The Morgan fingerprint density at radius 1 is 1.25 bits per heavy atom. The lowest BCUT2D eigenvalue weighted by Crippen LogP contribution is -2.02. The van der Waals surface area contributed by atoms with E-state index in [2.05, 4.69) is 0 Å². The number of aliphatic hydroxyl groups is 1. The number of nitro groups is 1. The van der Waals surface area contributed by atoms with E-state index in [9.17, 15) is 15.2 Å². The quantitative estimate of drug-likeness (QED) is 0.688. The van der Waals surface area contributed by atoms with Crippen molar-refractivity contribution in [1.82, 2.24) is 0 Å². The largest absolute Gasteiger partial charge is 0.388 e. The second kappa shape index (κ2) is 6.03. The minimum Gasteiger partial charge on any atom is -0.388 e. The van der Waals surface area contributed by atoms with Crippen LogP contribution in [0.1, 0.15) is 22.8 Å². The molecule has 1 unspecified atom stereocenters. The summed E-state index contributed by atoms with van der Waals surface area (Å²) in [5.41, 5.74) is 2.60. The van der Waals surface area contributed by atoms with E-state index in [0.29, 0.717) is 11.4 Å². The molecule has 0 spiro atoms. The Labute approximate surface area is 121 Å². The van der Waals surface area contributed by atoms with Crippen molar-refractivity contribution in [3.63, 3.8) is 0 Å². The number of nitro benzene ring substituents is 1. The molecule has 0 heterocycles. The van der Waals surface area contributed by atoms with Crippen molar-refractivity contribution in [2.75, 3.05) is 0 Å². The number of benzene rings is 2.